The Morgan fingerprint density at radius 3 is 1.45 bits per heavy atom. The Kier molecular flexibility index (Phi) is 14.6. The number of esters is 1. The molecular weight excluding hydrogens is 835 g/mol. The molecule has 4 heterocycles. The summed E-state index contributed by atoms with van der Waals surface area (Å²) >= 11 is 12.2. The number of benzene rings is 2. The molecule has 0 unspecified atom stereocenters. The highest BCUT2D eigenvalue weighted by molar-refractivity contribution is 7.91. The van der Waals surface area contributed by atoms with E-state index >= 15 is 0 Å². The molecule has 308 valence electrons. The molecule has 0 radical (unpaired) electrons. The number of rotatable bonds is 8. The Morgan fingerprint density at radius 2 is 1.10 bits per heavy atom. The van der Waals surface area contributed by atoms with Gasteiger partial charge in [-0.25, -0.2) is 37.1 Å². The van der Waals surface area contributed by atoms with Gasteiger partial charge in [0, 0.05) is 60.0 Å². The van der Waals surface area contributed by atoms with Crippen molar-refractivity contribution in [1.82, 2.24) is 25.2 Å². The number of hydrazine groups is 1. The third-order valence-electron chi connectivity index (χ3n) is 9.04. The number of methoxy groups -OCH3 is 1. The van der Waals surface area contributed by atoms with Gasteiger partial charge in [0.15, 0.2) is 19.7 Å². The van der Waals surface area contributed by atoms with E-state index in [0.717, 1.165) is 0 Å². The second-order valence-corrected chi connectivity index (χ2v) is 18.5. The molecule has 58 heavy (non-hydrogen) atoms. The molecule has 0 saturated carbocycles. The number of carbonyl (C=O) groups excluding carboxylic acids is 4. The number of carbonyl (C=O) groups is 4. The molecule has 6 rings (SSSR count). The molecular formula is C37H40Cl2N8O9S2. The number of pyridine rings is 2. The van der Waals surface area contributed by atoms with Gasteiger partial charge >= 0.3 is 18.0 Å². The van der Waals surface area contributed by atoms with Crippen LogP contribution in [-0.2, 0) is 37.5 Å². The third-order valence-corrected chi connectivity index (χ3v) is 12.7. The van der Waals surface area contributed by atoms with E-state index in [1.54, 1.807) is 72.8 Å². The van der Waals surface area contributed by atoms with E-state index in [9.17, 15) is 36.0 Å². The number of nitrogens with zero attached hydrogens (tertiary/aromatic N) is 6. The van der Waals surface area contributed by atoms with Crippen molar-refractivity contribution < 1.29 is 40.8 Å². The van der Waals surface area contributed by atoms with Gasteiger partial charge in [-0.05, 0) is 60.7 Å². The number of ether oxygens (including phenoxy) is 1. The van der Waals surface area contributed by atoms with Gasteiger partial charge in [0.05, 0.1) is 65.7 Å². The minimum Gasteiger partial charge on any atom is -0.465 e. The summed E-state index contributed by atoms with van der Waals surface area (Å²) in [4.78, 5) is 63.9. The maximum Gasteiger partial charge on any atom is 0.339 e. The van der Waals surface area contributed by atoms with E-state index in [1.807, 2.05) is 5.43 Å². The summed E-state index contributed by atoms with van der Waals surface area (Å²) in [5, 5.41) is 0.931. The van der Waals surface area contributed by atoms with Crippen LogP contribution < -0.4 is 21.1 Å². The van der Waals surface area contributed by atoms with E-state index in [-0.39, 0.29) is 79.9 Å². The normalized spacial score (nSPS) is 15.6. The molecule has 2 aliphatic rings. The standard InChI is InChI=1S/C19H20ClN3O5S.C18H20ClN5O4S/c1-28-18(24)14-5-6-16(21-12-14)13-23(17-4-2-3-15(20)11-17)19(25)22-7-9-29(26,27)10-8-22;19-14-2-1-3-16(10-14)24(18(26)23-6-8-29(27,28)9-7-23)12-15-5-4-13(11-21-15)17(25)22-20/h2-6,11-12H,7-10,13H2,1H3;1-5,10-11H,6-9,12,20H2,(H,22,25). The van der Waals surface area contributed by atoms with Gasteiger partial charge < -0.3 is 14.5 Å². The van der Waals surface area contributed by atoms with Crippen LogP contribution in [-0.4, -0.2) is 117 Å². The van der Waals surface area contributed by atoms with Crippen molar-refractivity contribution in [3.8, 4) is 0 Å². The van der Waals surface area contributed by atoms with Crippen LogP contribution in [0.4, 0.5) is 21.0 Å². The number of aromatic nitrogens is 2. The van der Waals surface area contributed by atoms with Crippen LogP contribution in [0.2, 0.25) is 10.0 Å². The van der Waals surface area contributed by atoms with Crippen molar-refractivity contribution in [2.75, 3.05) is 66.1 Å². The molecule has 0 atom stereocenters. The molecule has 2 aromatic heterocycles. The maximum atomic E-state index is 13.2. The first-order valence-corrected chi connectivity index (χ1v) is 22.0. The number of urea groups is 2. The fraction of sp³-hybridized carbons (Fsp3) is 0.297. The first-order chi connectivity index (χ1) is 27.6. The lowest BCUT2D eigenvalue weighted by molar-refractivity contribution is 0.0600. The van der Waals surface area contributed by atoms with Crippen LogP contribution in [0.5, 0.6) is 0 Å². The fourth-order valence-corrected chi connectivity index (χ4v) is 8.56. The van der Waals surface area contributed by atoms with E-state index in [1.165, 1.54) is 39.1 Å². The first kappa shape index (κ1) is 43.8. The second-order valence-electron chi connectivity index (χ2n) is 13.0. The topological polar surface area (TPSA) is 223 Å². The number of hydrogen-bond acceptors (Lipinski definition) is 12. The fourth-order valence-electron chi connectivity index (χ4n) is 5.79. The predicted molar refractivity (Wildman–Crippen MR) is 218 cm³/mol. The van der Waals surface area contributed by atoms with E-state index in [4.69, 9.17) is 29.0 Å². The Balaban J connectivity index is 0.000000221. The van der Waals surface area contributed by atoms with Gasteiger partial charge in [-0.15, -0.1) is 0 Å². The lowest BCUT2D eigenvalue weighted by Gasteiger charge is -2.33. The third kappa shape index (κ3) is 11.9. The number of nitrogens with one attached hydrogen (secondary N) is 1. The number of nitrogens with two attached hydrogens (primary N) is 1. The second kappa shape index (κ2) is 19.4. The largest absolute Gasteiger partial charge is 0.465 e. The van der Waals surface area contributed by atoms with Crippen molar-refractivity contribution in [3.05, 3.63) is 118 Å². The molecule has 3 N–H and O–H groups in total. The molecule has 0 bridgehead atoms. The van der Waals surface area contributed by atoms with Gasteiger partial charge in [-0.2, -0.15) is 0 Å². The monoisotopic (exact) mass is 874 g/mol. The van der Waals surface area contributed by atoms with Gasteiger partial charge in [0.1, 0.15) is 0 Å². The molecule has 2 aliphatic heterocycles. The van der Waals surface area contributed by atoms with E-state index < -0.39 is 31.6 Å². The smallest absolute Gasteiger partial charge is 0.339 e. The summed E-state index contributed by atoms with van der Waals surface area (Å²) in [5.41, 5.74) is 4.83. The summed E-state index contributed by atoms with van der Waals surface area (Å²) in [6, 6.07) is 19.3. The van der Waals surface area contributed by atoms with E-state index in [2.05, 4.69) is 14.7 Å². The maximum absolute atomic E-state index is 13.2. The van der Waals surface area contributed by atoms with Crippen LogP contribution in [0.25, 0.3) is 0 Å². The molecule has 2 aromatic carbocycles. The van der Waals surface area contributed by atoms with Crippen molar-refractivity contribution in [1.29, 1.82) is 0 Å². The van der Waals surface area contributed by atoms with Crippen LogP contribution >= 0.6 is 23.2 Å². The van der Waals surface area contributed by atoms with Gasteiger partial charge in [-0.1, -0.05) is 35.3 Å². The number of hydrogen-bond donors (Lipinski definition) is 2. The van der Waals surface area contributed by atoms with Crippen LogP contribution in [0, 0.1) is 0 Å². The summed E-state index contributed by atoms with van der Waals surface area (Å²) in [6.07, 6.45) is 2.75. The first-order valence-electron chi connectivity index (χ1n) is 17.6. The Labute approximate surface area is 345 Å². The highest BCUT2D eigenvalue weighted by Crippen LogP contribution is 2.25. The predicted octanol–water partition coefficient (Wildman–Crippen LogP) is 3.57. The molecule has 21 heteroatoms. The molecule has 5 amide bonds. The molecule has 0 spiro atoms. The molecule has 4 aromatic rings. The minimum atomic E-state index is -3.11. The highest BCUT2D eigenvalue weighted by Gasteiger charge is 2.31. The minimum absolute atomic E-state index is 0.0613. The molecule has 0 aliphatic carbocycles. The summed E-state index contributed by atoms with van der Waals surface area (Å²) < 4.78 is 51.4. The SMILES string of the molecule is COC(=O)c1ccc(CN(C(=O)N2CCS(=O)(=O)CC2)c2cccc(Cl)c2)nc1.NNC(=O)c1ccc(CN(C(=O)N2CCS(=O)(=O)CC2)c2cccc(Cl)c2)nc1. The summed E-state index contributed by atoms with van der Waals surface area (Å²) in [5.74, 6) is 3.89. The zero-order valence-electron chi connectivity index (χ0n) is 31.2. The number of anilines is 2. The quantitative estimate of drug-likeness (QED) is 0.112. The van der Waals surface area contributed by atoms with Crippen molar-refractivity contribution in [2.24, 2.45) is 5.84 Å². The summed E-state index contributed by atoms with van der Waals surface area (Å²) in [7, 11) is -4.94. The zero-order valence-corrected chi connectivity index (χ0v) is 34.3. The number of nitrogen functional groups attached to an aromatic ring is 1. The van der Waals surface area contributed by atoms with Crippen molar-refractivity contribution >= 4 is 78.2 Å². The zero-order chi connectivity index (χ0) is 42.0. The highest BCUT2D eigenvalue weighted by atomic mass is 35.5. The Morgan fingerprint density at radius 1 is 0.690 bits per heavy atom. The average Bonchev–Trinajstić information content (AvgIpc) is 3.21. The Hall–Kier alpha value is -5.34. The van der Waals surface area contributed by atoms with Crippen molar-refractivity contribution in [3.63, 3.8) is 0 Å². The van der Waals surface area contributed by atoms with Gasteiger partial charge in [-0.3, -0.25) is 30.0 Å². The van der Waals surface area contributed by atoms with Crippen molar-refractivity contribution in [2.45, 2.75) is 13.1 Å². The Bertz CT molecular complexity index is 2160. The van der Waals surface area contributed by atoms with Crippen LogP contribution in [0.3, 0.4) is 0 Å². The number of sulfone groups is 2. The average molecular weight is 876 g/mol. The number of halogens is 2. The molecule has 2 fully saturated rings. The van der Waals surface area contributed by atoms with Gasteiger partial charge in [0.2, 0.25) is 0 Å². The lowest BCUT2D eigenvalue weighted by Crippen LogP contribution is -2.49. The lowest BCUT2D eigenvalue weighted by atomic mass is 10.2. The van der Waals surface area contributed by atoms with E-state index in [0.29, 0.717) is 38.4 Å². The summed E-state index contributed by atoms with van der Waals surface area (Å²) in [6.45, 7) is 0.763. The molecule has 17 nitrogen and oxygen atoms in total. The molecule has 2 saturated heterocycles. The van der Waals surface area contributed by atoms with Gasteiger partial charge in [0.25, 0.3) is 5.91 Å². The van der Waals surface area contributed by atoms with Crippen LogP contribution in [0.1, 0.15) is 32.1 Å². The number of amides is 5. The van der Waals surface area contributed by atoms with Crippen LogP contribution in [0.15, 0.2) is 85.2 Å².